The van der Waals surface area contributed by atoms with Crippen LogP contribution in [0.3, 0.4) is 0 Å². The van der Waals surface area contributed by atoms with E-state index in [1.807, 2.05) is 31.2 Å². The first-order valence-electron chi connectivity index (χ1n) is 5.31. The Kier molecular flexibility index (Phi) is 3.40. The molecule has 0 atom stereocenters. The lowest BCUT2D eigenvalue weighted by atomic mass is 10.1. The third kappa shape index (κ3) is 2.45. The summed E-state index contributed by atoms with van der Waals surface area (Å²) in [6.45, 7) is 2.68. The fourth-order valence-corrected chi connectivity index (χ4v) is 1.77. The number of nitrogens with zero attached hydrogens (tertiary/aromatic N) is 4. The number of aromatic nitrogens is 3. The van der Waals surface area contributed by atoms with E-state index in [0.717, 1.165) is 11.3 Å². The molecule has 0 amide bonds. The summed E-state index contributed by atoms with van der Waals surface area (Å²) in [7, 11) is 0. The topological polar surface area (TPSA) is 54.5 Å². The molecule has 0 N–H and O–H groups in total. The van der Waals surface area contributed by atoms with E-state index in [1.165, 1.54) is 0 Å². The molecule has 0 saturated carbocycles. The maximum atomic E-state index is 8.96. The van der Waals surface area contributed by atoms with Gasteiger partial charge in [0.15, 0.2) is 5.69 Å². The van der Waals surface area contributed by atoms with Gasteiger partial charge in [0.2, 0.25) is 0 Å². The standard InChI is InChI=1S/C12H11ClN4/c1-2-17-12(11(8-14)15-16-17)7-9-3-5-10(13)6-4-9/h3-6H,2,7H2,1H3. The highest BCUT2D eigenvalue weighted by atomic mass is 35.5. The highest BCUT2D eigenvalue weighted by molar-refractivity contribution is 6.30. The summed E-state index contributed by atoms with van der Waals surface area (Å²) in [6.07, 6.45) is 0.640. The summed E-state index contributed by atoms with van der Waals surface area (Å²) in [5.41, 5.74) is 2.32. The van der Waals surface area contributed by atoms with Gasteiger partial charge in [-0.05, 0) is 24.6 Å². The molecule has 0 saturated heterocycles. The third-order valence-electron chi connectivity index (χ3n) is 2.53. The molecular weight excluding hydrogens is 236 g/mol. The summed E-state index contributed by atoms with van der Waals surface area (Å²) in [4.78, 5) is 0. The van der Waals surface area contributed by atoms with Crippen LogP contribution < -0.4 is 0 Å². The van der Waals surface area contributed by atoms with Crippen LogP contribution in [0.25, 0.3) is 0 Å². The summed E-state index contributed by atoms with van der Waals surface area (Å²) in [6, 6.07) is 9.62. The molecule has 0 unspecified atom stereocenters. The second kappa shape index (κ2) is 4.98. The summed E-state index contributed by atoms with van der Waals surface area (Å²) in [5.74, 6) is 0. The van der Waals surface area contributed by atoms with Gasteiger partial charge >= 0.3 is 0 Å². The number of hydrogen-bond acceptors (Lipinski definition) is 3. The smallest absolute Gasteiger partial charge is 0.186 e. The summed E-state index contributed by atoms with van der Waals surface area (Å²) >= 11 is 5.83. The van der Waals surface area contributed by atoms with Gasteiger partial charge in [-0.25, -0.2) is 4.68 Å². The second-order valence-electron chi connectivity index (χ2n) is 3.62. The maximum absolute atomic E-state index is 8.96. The van der Waals surface area contributed by atoms with Crippen LogP contribution in [0, 0.1) is 11.3 Å². The summed E-state index contributed by atoms with van der Waals surface area (Å²) < 4.78 is 1.74. The van der Waals surface area contributed by atoms with Crippen LogP contribution in [-0.2, 0) is 13.0 Å². The zero-order valence-electron chi connectivity index (χ0n) is 9.39. The van der Waals surface area contributed by atoms with E-state index in [2.05, 4.69) is 16.4 Å². The number of nitriles is 1. The molecule has 0 aliphatic heterocycles. The lowest BCUT2D eigenvalue weighted by Gasteiger charge is -2.04. The van der Waals surface area contributed by atoms with E-state index in [-0.39, 0.29) is 0 Å². The molecule has 1 aromatic carbocycles. The van der Waals surface area contributed by atoms with Crippen molar-refractivity contribution in [1.29, 1.82) is 5.26 Å². The Bertz CT molecular complexity index is 551. The van der Waals surface area contributed by atoms with Crippen molar-refractivity contribution in [3.8, 4) is 6.07 Å². The van der Waals surface area contributed by atoms with E-state index in [4.69, 9.17) is 16.9 Å². The molecule has 0 spiro atoms. The van der Waals surface area contributed by atoms with Crippen LogP contribution in [-0.4, -0.2) is 15.0 Å². The fourth-order valence-electron chi connectivity index (χ4n) is 1.64. The first kappa shape index (κ1) is 11.6. The maximum Gasteiger partial charge on any atom is 0.186 e. The number of halogens is 1. The average molecular weight is 247 g/mol. The van der Waals surface area contributed by atoms with Crippen LogP contribution in [0.1, 0.15) is 23.9 Å². The van der Waals surface area contributed by atoms with Crippen LogP contribution in [0.2, 0.25) is 5.02 Å². The average Bonchev–Trinajstić information content (AvgIpc) is 2.74. The van der Waals surface area contributed by atoms with Gasteiger partial charge in [-0.3, -0.25) is 0 Å². The lowest BCUT2D eigenvalue weighted by Crippen LogP contribution is -2.04. The minimum atomic E-state index is 0.391. The summed E-state index contributed by atoms with van der Waals surface area (Å²) in [5, 5.41) is 17.4. The first-order valence-corrected chi connectivity index (χ1v) is 5.69. The Morgan fingerprint density at radius 1 is 1.35 bits per heavy atom. The van der Waals surface area contributed by atoms with Crippen molar-refractivity contribution in [2.24, 2.45) is 0 Å². The largest absolute Gasteiger partial charge is 0.248 e. The molecule has 0 aliphatic rings. The minimum Gasteiger partial charge on any atom is -0.248 e. The van der Waals surface area contributed by atoms with Gasteiger partial charge < -0.3 is 0 Å². The molecule has 5 heteroatoms. The normalized spacial score (nSPS) is 10.2. The van der Waals surface area contributed by atoms with Gasteiger partial charge in [-0.1, -0.05) is 28.9 Å². The molecular formula is C12H11ClN4. The van der Waals surface area contributed by atoms with Crippen LogP contribution in [0.4, 0.5) is 0 Å². The molecule has 2 rings (SSSR count). The van der Waals surface area contributed by atoms with Gasteiger partial charge in [0, 0.05) is 18.0 Å². The van der Waals surface area contributed by atoms with E-state index < -0.39 is 0 Å². The Hall–Kier alpha value is -1.86. The van der Waals surface area contributed by atoms with Crippen molar-refractivity contribution in [2.45, 2.75) is 19.9 Å². The molecule has 2 aromatic rings. The van der Waals surface area contributed by atoms with Crippen LogP contribution in [0.15, 0.2) is 24.3 Å². The van der Waals surface area contributed by atoms with Crippen LogP contribution >= 0.6 is 11.6 Å². The molecule has 1 aromatic heterocycles. The van der Waals surface area contributed by atoms with Gasteiger partial charge in [0.1, 0.15) is 6.07 Å². The van der Waals surface area contributed by atoms with Crippen molar-refractivity contribution in [1.82, 2.24) is 15.0 Å². The molecule has 1 heterocycles. The Morgan fingerprint density at radius 3 is 2.65 bits per heavy atom. The van der Waals surface area contributed by atoms with Crippen molar-refractivity contribution < 1.29 is 0 Å². The Morgan fingerprint density at radius 2 is 2.06 bits per heavy atom. The predicted molar refractivity (Wildman–Crippen MR) is 64.7 cm³/mol. The van der Waals surface area contributed by atoms with E-state index in [1.54, 1.807) is 4.68 Å². The quantitative estimate of drug-likeness (QED) is 0.836. The highest BCUT2D eigenvalue weighted by Crippen LogP contribution is 2.15. The zero-order valence-corrected chi connectivity index (χ0v) is 10.1. The van der Waals surface area contributed by atoms with Crippen molar-refractivity contribution in [2.75, 3.05) is 0 Å². The molecule has 17 heavy (non-hydrogen) atoms. The minimum absolute atomic E-state index is 0.391. The molecule has 0 aliphatic carbocycles. The van der Waals surface area contributed by atoms with Crippen molar-refractivity contribution >= 4 is 11.6 Å². The van der Waals surface area contributed by atoms with Gasteiger partial charge in [0.25, 0.3) is 0 Å². The van der Waals surface area contributed by atoms with Gasteiger partial charge in [0.05, 0.1) is 5.69 Å². The van der Waals surface area contributed by atoms with E-state index in [9.17, 15) is 0 Å². The second-order valence-corrected chi connectivity index (χ2v) is 4.05. The van der Waals surface area contributed by atoms with E-state index in [0.29, 0.717) is 23.7 Å². The molecule has 0 bridgehead atoms. The van der Waals surface area contributed by atoms with Crippen molar-refractivity contribution in [3.05, 3.63) is 46.2 Å². The SMILES string of the molecule is CCn1nnc(C#N)c1Cc1ccc(Cl)cc1. The number of aryl methyl sites for hydroxylation is 1. The fraction of sp³-hybridized carbons (Fsp3) is 0.250. The van der Waals surface area contributed by atoms with E-state index >= 15 is 0 Å². The number of benzene rings is 1. The third-order valence-corrected chi connectivity index (χ3v) is 2.78. The molecule has 0 radical (unpaired) electrons. The highest BCUT2D eigenvalue weighted by Gasteiger charge is 2.11. The molecule has 86 valence electrons. The van der Waals surface area contributed by atoms with Gasteiger partial charge in [-0.2, -0.15) is 5.26 Å². The number of rotatable bonds is 3. The Labute approximate surface area is 104 Å². The van der Waals surface area contributed by atoms with Gasteiger partial charge in [-0.15, -0.1) is 5.10 Å². The number of hydrogen-bond donors (Lipinski definition) is 0. The predicted octanol–water partition coefficient (Wildman–Crippen LogP) is 2.41. The van der Waals surface area contributed by atoms with Crippen LogP contribution in [0.5, 0.6) is 0 Å². The molecule has 4 nitrogen and oxygen atoms in total. The lowest BCUT2D eigenvalue weighted by molar-refractivity contribution is 0.604. The zero-order chi connectivity index (χ0) is 12.3. The monoisotopic (exact) mass is 246 g/mol. The molecule has 0 fully saturated rings. The van der Waals surface area contributed by atoms with Crippen molar-refractivity contribution in [3.63, 3.8) is 0 Å². The first-order chi connectivity index (χ1) is 8.24. The Balaban J connectivity index is 2.32.